The molecule has 0 fully saturated rings. The number of carbonyl (C=O) groups is 2. The topological polar surface area (TPSA) is 90.4 Å². The molecule has 0 aliphatic carbocycles. The highest BCUT2D eigenvalue weighted by Crippen LogP contribution is 2.39. The van der Waals surface area contributed by atoms with Crippen molar-refractivity contribution in [3.8, 4) is 0 Å². The van der Waals surface area contributed by atoms with Gasteiger partial charge in [0.1, 0.15) is 0 Å². The quantitative estimate of drug-likeness (QED) is 0.194. The zero-order chi connectivity index (χ0) is 27.0. The summed E-state index contributed by atoms with van der Waals surface area (Å²) in [6, 6.07) is 12.2. The molecule has 0 spiro atoms. The minimum absolute atomic E-state index is 0.366. The summed E-state index contributed by atoms with van der Waals surface area (Å²) in [5.41, 5.74) is 3.96. The smallest absolute Gasteiger partial charge is 0.259 e. The van der Waals surface area contributed by atoms with Crippen LogP contribution in [0.5, 0.6) is 0 Å². The van der Waals surface area contributed by atoms with Crippen LogP contribution in [0.25, 0.3) is 33.0 Å². The van der Waals surface area contributed by atoms with E-state index in [1.807, 2.05) is 59.8 Å². The van der Waals surface area contributed by atoms with Crippen molar-refractivity contribution in [2.45, 2.75) is 36.3 Å². The second-order valence-corrected chi connectivity index (χ2v) is 11.1. The van der Waals surface area contributed by atoms with Crippen molar-refractivity contribution in [3.05, 3.63) is 59.9 Å². The van der Waals surface area contributed by atoms with E-state index in [1.165, 1.54) is 0 Å². The number of hydrogen-bond acceptors (Lipinski definition) is 6. The molecule has 0 radical (unpaired) electrons. The third kappa shape index (κ3) is 4.80. The zero-order valence-corrected chi connectivity index (χ0v) is 23.6. The molecule has 3 heterocycles. The molecule has 2 aromatic heterocycles. The summed E-state index contributed by atoms with van der Waals surface area (Å²) in [5, 5.41) is 15.2. The lowest BCUT2D eigenvalue weighted by Gasteiger charge is -2.22. The summed E-state index contributed by atoms with van der Waals surface area (Å²) in [6.07, 6.45) is 7.16. The fourth-order valence-corrected chi connectivity index (χ4v) is 6.10. The summed E-state index contributed by atoms with van der Waals surface area (Å²) in [6.45, 7) is 6.84. The Morgan fingerprint density at radius 3 is 2.21 bits per heavy atom. The van der Waals surface area contributed by atoms with Gasteiger partial charge in [-0.2, -0.15) is 0 Å². The van der Waals surface area contributed by atoms with Crippen LogP contribution in [0.1, 0.15) is 25.0 Å². The molecule has 3 N–H and O–H groups in total. The number of H-pyrrole nitrogens is 1. The third-order valence-electron chi connectivity index (χ3n) is 7.22. The molecule has 1 aliphatic heterocycles. The molecule has 7 nitrogen and oxygen atoms in total. The first kappa shape index (κ1) is 26.6. The Kier molecular flexibility index (Phi) is 7.72. The van der Waals surface area contributed by atoms with Crippen LogP contribution in [0.3, 0.4) is 0 Å². The summed E-state index contributed by atoms with van der Waals surface area (Å²) >= 11 is 3.25. The molecule has 1 aliphatic rings. The minimum atomic E-state index is -0.579. The molecule has 5 rings (SSSR count). The Balaban J connectivity index is 1.69. The summed E-state index contributed by atoms with van der Waals surface area (Å²) in [7, 11) is 0. The number of benzene rings is 2. The number of imide groups is 1. The lowest BCUT2D eigenvalue weighted by atomic mass is 9.95. The van der Waals surface area contributed by atoms with E-state index in [-0.39, 0.29) is 0 Å². The van der Waals surface area contributed by atoms with Crippen LogP contribution in [-0.4, -0.2) is 69.6 Å². The van der Waals surface area contributed by atoms with Crippen LogP contribution < -0.4 is 5.32 Å². The number of thioether (sulfide) groups is 2. The lowest BCUT2D eigenvalue weighted by molar-refractivity contribution is -0.122. The minimum Gasteiger partial charge on any atom is -0.390 e. The number of nitrogens with one attached hydrogen (secondary N) is 2. The second kappa shape index (κ2) is 11.0. The van der Waals surface area contributed by atoms with Gasteiger partial charge in [-0.05, 0) is 62.0 Å². The molecule has 0 saturated carbocycles. The van der Waals surface area contributed by atoms with Crippen molar-refractivity contribution in [1.82, 2.24) is 19.8 Å². The van der Waals surface area contributed by atoms with E-state index in [1.54, 1.807) is 23.5 Å². The van der Waals surface area contributed by atoms with Gasteiger partial charge in [0.05, 0.1) is 17.3 Å². The molecule has 2 amide bonds. The first-order valence-corrected chi connectivity index (χ1v) is 15.2. The maximum atomic E-state index is 13.3. The number of nitrogens with zero attached hydrogens (tertiary/aromatic N) is 2. The summed E-state index contributed by atoms with van der Waals surface area (Å²) in [5.74, 6) is -0.804. The van der Waals surface area contributed by atoms with E-state index >= 15 is 0 Å². The summed E-state index contributed by atoms with van der Waals surface area (Å²) in [4.78, 5) is 34.1. The number of carbonyl (C=O) groups excluding carboxylic acids is 2. The van der Waals surface area contributed by atoms with Gasteiger partial charge in [0.2, 0.25) is 0 Å². The Morgan fingerprint density at radius 1 is 0.921 bits per heavy atom. The first-order valence-electron chi connectivity index (χ1n) is 12.7. The number of likely N-dealkylation sites (N-methyl/N-ethyl adjacent to an activating group) is 1. The highest BCUT2D eigenvalue weighted by molar-refractivity contribution is 7.98. The van der Waals surface area contributed by atoms with E-state index in [4.69, 9.17) is 0 Å². The molecule has 9 heteroatoms. The molecule has 1 unspecified atom stereocenters. The van der Waals surface area contributed by atoms with Crippen molar-refractivity contribution in [1.29, 1.82) is 0 Å². The maximum absolute atomic E-state index is 13.3. The monoisotopic (exact) mass is 548 g/mol. The van der Waals surface area contributed by atoms with E-state index in [2.05, 4.69) is 35.1 Å². The van der Waals surface area contributed by atoms with Crippen LogP contribution in [0.4, 0.5) is 0 Å². The number of aromatic nitrogens is 2. The van der Waals surface area contributed by atoms with Crippen molar-refractivity contribution in [2.75, 3.05) is 32.1 Å². The molecular weight excluding hydrogens is 516 g/mol. The van der Waals surface area contributed by atoms with E-state index in [0.717, 1.165) is 44.7 Å². The van der Waals surface area contributed by atoms with Crippen molar-refractivity contribution < 1.29 is 14.7 Å². The number of aromatic amines is 1. The average Bonchev–Trinajstić information content (AvgIpc) is 3.58. The Hall–Kier alpha value is -2.98. The Bertz CT molecular complexity index is 1560. The molecule has 0 saturated heterocycles. The van der Waals surface area contributed by atoms with Crippen LogP contribution in [0.15, 0.2) is 58.6 Å². The van der Waals surface area contributed by atoms with Gasteiger partial charge >= 0.3 is 0 Å². The van der Waals surface area contributed by atoms with E-state index in [9.17, 15) is 14.7 Å². The zero-order valence-electron chi connectivity index (χ0n) is 22.0. The molecule has 1 atom stereocenters. The maximum Gasteiger partial charge on any atom is 0.259 e. The number of aliphatic hydroxyl groups excluding tert-OH is 1. The average molecular weight is 549 g/mol. The molecule has 4 aromatic rings. The lowest BCUT2D eigenvalue weighted by Crippen LogP contribution is -2.34. The molecule has 198 valence electrons. The van der Waals surface area contributed by atoms with Gasteiger partial charge in [0.15, 0.2) is 0 Å². The normalized spacial score (nSPS) is 14.9. The highest BCUT2D eigenvalue weighted by Gasteiger charge is 2.35. The van der Waals surface area contributed by atoms with Crippen molar-refractivity contribution >= 4 is 68.3 Å². The number of fused-ring (bicyclic) bond motifs is 2. The number of rotatable bonds is 10. The fourth-order valence-electron chi connectivity index (χ4n) is 5.22. The number of hydrogen-bond donors (Lipinski definition) is 3. The Labute approximate surface area is 230 Å². The molecule has 2 aromatic carbocycles. The second-order valence-electron chi connectivity index (χ2n) is 9.37. The van der Waals surface area contributed by atoms with Crippen molar-refractivity contribution in [2.24, 2.45) is 0 Å². The van der Waals surface area contributed by atoms with Crippen LogP contribution >= 0.6 is 23.5 Å². The first-order chi connectivity index (χ1) is 18.4. The van der Waals surface area contributed by atoms with Gasteiger partial charge in [0.25, 0.3) is 11.8 Å². The summed E-state index contributed by atoms with van der Waals surface area (Å²) < 4.78 is 2.00. The highest BCUT2D eigenvalue weighted by atomic mass is 32.2. The predicted octanol–water partition coefficient (Wildman–Crippen LogP) is 4.84. The van der Waals surface area contributed by atoms with Gasteiger partial charge in [-0.3, -0.25) is 14.9 Å². The van der Waals surface area contributed by atoms with Crippen LogP contribution in [0, 0.1) is 0 Å². The van der Waals surface area contributed by atoms with Gasteiger partial charge in [0, 0.05) is 68.2 Å². The van der Waals surface area contributed by atoms with Gasteiger partial charge < -0.3 is 19.6 Å². The van der Waals surface area contributed by atoms with Crippen LogP contribution in [0.2, 0.25) is 0 Å². The SMILES string of the molecule is CCN(CC)CC(O)Cn1cc(C2=C(c3c[nH]c4ccc(SC)cc34)C(=O)NC2=O)c2cc(SC)ccc21. The van der Waals surface area contributed by atoms with E-state index in [0.29, 0.717) is 35.4 Å². The third-order valence-corrected chi connectivity index (χ3v) is 8.67. The fraction of sp³-hybridized carbons (Fsp3) is 0.310. The largest absolute Gasteiger partial charge is 0.390 e. The predicted molar refractivity (Wildman–Crippen MR) is 158 cm³/mol. The number of aliphatic hydroxyl groups is 1. The molecular formula is C29H32N4O3S2. The molecule has 38 heavy (non-hydrogen) atoms. The standard InChI is InChI=1S/C29H32N4O3S2/c1-5-32(6-2)14-17(34)15-33-16-23(21-12-19(38-4)8-10-25(21)33)27-26(28(35)31-29(27)36)22-13-30-24-9-7-18(37-3)11-20(22)24/h7-13,16-17,30,34H,5-6,14-15H2,1-4H3,(H,31,35,36). The van der Waals surface area contributed by atoms with E-state index < -0.39 is 17.9 Å². The number of amides is 2. The van der Waals surface area contributed by atoms with Gasteiger partial charge in [-0.15, -0.1) is 23.5 Å². The van der Waals surface area contributed by atoms with Crippen molar-refractivity contribution in [3.63, 3.8) is 0 Å². The Morgan fingerprint density at radius 2 is 1.55 bits per heavy atom. The van der Waals surface area contributed by atoms with Gasteiger partial charge in [-0.25, -0.2) is 0 Å². The van der Waals surface area contributed by atoms with Crippen LogP contribution in [-0.2, 0) is 16.1 Å². The van der Waals surface area contributed by atoms with Gasteiger partial charge in [-0.1, -0.05) is 13.8 Å². The molecule has 0 bridgehead atoms.